The van der Waals surface area contributed by atoms with E-state index < -0.39 is 23.2 Å². The third-order valence-electron chi connectivity index (χ3n) is 3.41. The maximum absolute atomic E-state index is 13.8. The number of carboxylic acid groups (broad SMARTS) is 1. The molecule has 0 spiro atoms. The van der Waals surface area contributed by atoms with Crippen LogP contribution in [-0.4, -0.2) is 22.5 Å². The van der Waals surface area contributed by atoms with Crippen LogP contribution < -0.4 is 5.32 Å². The number of amides is 1. The Morgan fingerprint density at radius 1 is 1.47 bits per heavy atom. The van der Waals surface area contributed by atoms with E-state index in [1.165, 1.54) is 25.1 Å². The van der Waals surface area contributed by atoms with Crippen molar-refractivity contribution in [1.82, 2.24) is 5.32 Å². The molecular formula is C13H13BrFNO3. The minimum Gasteiger partial charge on any atom is -0.480 e. The Bertz CT molecular complexity index is 545. The van der Waals surface area contributed by atoms with Crippen LogP contribution >= 0.6 is 15.9 Å². The standard InChI is InChI=1S/C13H13BrFNO3/c1-13(12(18)19,7-5-6-7)16-11(17)8-3-2-4-9(14)10(8)15/h2-4,7H,5-6H2,1H3,(H,16,17)(H,18,19). The van der Waals surface area contributed by atoms with Crippen LogP contribution in [0.3, 0.4) is 0 Å². The third-order valence-corrected chi connectivity index (χ3v) is 4.02. The van der Waals surface area contributed by atoms with Crippen molar-refractivity contribution < 1.29 is 19.1 Å². The van der Waals surface area contributed by atoms with Crippen LogP contribution in [0.1, 0.15) is 30.1 Å². The maximum Gasteiger partial charge on any atom is 0.329 e. The number of carbonyl (C=O) groups is 2. The molecule has 1 aliphatic rings. The van der Waals surface area contributed by atoms with Gasteiger partial charge in [0.15, 0.2) is 0 Å². The van der Waals surface area contributed by atoms with Crippen LogP contribution in [0.5, 0.6) is 0 Å². The third kappa shape index (κ3) is 2.63. The van der Waals surface area contributed by atoms with Gasteiger partial charge in [0.05, 0.1) is 10.0 Å². The van der Waals surface area contributed by atoms with Gasteiger partial charge in [-0.25, -0.2) is 9.18 Å². The summed E-state index contributed by atoms with van der Waals surface area (Å²) in [5.74, 6) is -2.60. The van der Waals surface area contributed by atoms with Gasteiger partial charge >= 0.3 is 5.97 Å². The first-order valence-corrected chi connectivity index (χ1v) is 6.65. The molecule has 1 saturated carbocycles. The molecule has 2 rings (SSSR count). The summed E-state index contributed by atoms with van der Waals surface area (Å²) in [6.07, 6.45) is 1.51. The lowest BCUT2D eigenvalue weighted by molar-refractivity contribution is -0.144. The predicted octanol–water partition coefficient (Wildman–Crippen LogP) is 2.57. The second kappa shape index (κ2) is 4.92. The Balaban J connectivity index is 2.25. The summed E-state index contributed by atoms with van der Waals surface area (Å²) < 4.78 is 14.0. The molecule has 1 aromatic carbocycles. The lowest BCUT2D eigenvalue weighted by Crippen LogP contribution is -2.54. The minimum absolute atomic E-state index is 0.0934. The SMILES string of the molecule is CC(NC(=O)c1cccc(Br)c1F)(C(=O)O)C1CC1. The topological polar surface area (TPSA) is 66.4 Å². The Kier molecular flexibility index (Phi) is 3.62. The summed E-state index contributed by atoms with van der Waals surface area (Å²) in [5, 5.41) is 11.7. The number of nitrogens with one attached hydrogen (secondary N) is 1. The quantitative estimate of drug-likeness (QED) is 0.892. The lowest BCUT2D eigenvalue weighted by atomic mass is 9.95. The Labute approximate surface area is 118 Å². The average molecular weight is 330 g/mol. The molecule has 4 nitrogen and oxygen atoms in total. The van der Waals surface area contributed by atoms with Crippen LogP contribution in [0, 0.1) is 11.7 Å². The molecule has 1 unspecified atom stereocenters. The molecule has 6 heteroatoms. The van der Waals surface area contributed by atoms with Crippen molar-refractivity contribution >= 4 is 27.8 Å². The van der Waals surface area contributed by atoms with Gasteiger partial charge in [-0.3, -0.25) is 4.79 Å². The fourth-order valence-corrected chi connectivity index (χ4v) is 2.34. The molecule has 0 radical (unpaired) electrons. The molecule has 102 valence electrons. The van der Waals surface area contributed by atoms with Crippen molar-refractivity contribution in [2.24, 2.45) is 5.92 Å². The molecule has 0 heterocycles. The predicted molar refractivity (Wildman–Crippen MR) is 70.3 cm³/mol. The fourth-order valence-electron chi connectivity index (χ4n) is 1.97. The molecular weight excluding hydrogens is 317 g/mol. The zero-order chi connectivity index (χ0) is 14.2. The van der Waals surface area contributed by atoms with Crippen molar-refractivity contribution in [3.05, 3.63) is 34.1 Å². The van der Waals surface area contributed by atoms with Crippen molar-refractivity contribution in [3.63, 3.8) is 0 Å². The van der Waals surface area contributed by atoms with Crippen LogP contribution in [-0.2, 0) is 4.79 Å². The van der Waals surface area contributed by atoms with Gasteiger partial charge in [0.2, 0.25) is 0 Å². The zero-order valence-electron chi connectivity index (χ0n) is 10.2. The van der Waals surface area contributed by atoms with Crippen LogP contribution in [0.2, 0.25) is 0 Å². The number of rotatable bonds is 4. The fraction of sp³-hybridized carbons (Fsp3) is 0.385. The highest BCUT2D eigenvalue weighted by Crippen LogP contribution is 2.40. The molecule has 0 aliphatic heterocycles. The van der Waals surface area contributed by atoms with Gasteiger partial charge in [-0.2, -0.15) is 0 Å². The highest BCUT2D eigenvalue weighted by molar-refractivity contribution is 9.10. The number of halogens is 2. The van der Waals surface area contributed by atoms with E-state index in [1.807, 2.05) is 0 Å². The summed E-state index contributed by atoms with van der Waals surface area (Å²) in [4.78, 5) is 23.3. The highest BCUT2D eigenvalue weighted by atomic mass is 79.9. The molecule has 1 fully saturated rings. The highest BCUT2D eigenvalue weighted by Gasteiger charge is 2.48. The Hall–Kier alpha value is -1.43. The summed E-state index contributed by atoms with van der Waals surface area (Å²) in [6, 6.07) is 4.32. The maximum atomic E-state index is 13.8. The Morgan fingerprint density at radius 2 is 2.11 bits per heavy atom. The zero-order valence-corrected chi connectivity index (χ0v) is 11.8. The van der Waals surface area contributed by atoms with Crippen molar-refractivity contribution in [2.45, 2.75) is 25.3 Å². The minimum atomic E-state index is -1.34. The molecule has 1 atom stereocenters. The number of hydrogen-bond acceptors (Lipinski definition) is 2. The lowest BCUT2D eigenvalue weighted by Gasteiger charge is -2.26. The smallest absolute Gasteiger partial charge is 0.329 e. The van der Waals surface area contributed by atoms with E-state index in [2.05, 4.69) is 21.2 Å². The van der Waals surface area contributed by atoms with Gasteiger partial charge in [0.1, 0.15) is 11.4 Å². The Morgan fingerprint density at radius 3 is 2.63 bits per heavy atom. The van der Waals surface area contributed by atoms with Crippen molar-refractivity contribution in [1.29, 1.82) is 0 Å². The molecule has 19 heavy (non-hydrogen) atoms. The first-order valence-electron chi connectivity index (χ1n) is 5.86. The first-order chi connectivity index (χ1) is 8.86. The van der Waals surface area contributed by atoms with E-state index in [-0.39, 0.29) is 16.0 Å². The van der Waals surface area contributed by atoms with Gasteiger partial charge in [-0.05, 0) is 53.7 Å². The van der Waals surface area contributed by atoms with Crippen molar-refractivity contribution in [2.75, 3.05) is 0 Å². The monoisotopic (exact) mass is 329 g/mol. The van der Waals surface area contributed by atoms with E-state index in [4.69, 9.17) is 0 Å². The number of carbonyl (C=O) groups excluding carboxylic acids is 1. The number of hydrogen-bond donors (Lipinski definition) is 2. The summed E-state index contributed by atoms with van der Waals surface area (Å²) in [6.45, 7) is 1.46. The molecule has 0 bridgehead atoms. The van der Waals surface area contributed by atoms with E-state index >= 15 is 0 Å². The number of carboxylic acids is 1. The molecule has 1 aliphatic carbocycles. The number of benzene rings is 1. The van der Waals surface area contributed by atoms with Gasteiger partial charge in [0.25, 0.3) is 5.91 Å². The van der Waals surface area contributed by atoms with E-state index in [0.29, 0.717) is 0 Å². The van der Waals surface area contributed by atoms with Gasteiger partial charge in [-0.15, -0.1) is 0 Å². The van der Waals surface area contributed by atoms with E-state index in [1.54, 1.807) is 0 Å². The largest absolute Gasteiger partial charge is 0.480 e. The van der Waals surface area contributed by atoms with Crippen molar-refractivity contribution in [3.8, 4) is 0 Å². The van der Waals surface area contributed by atoms with E-state index in [0.717, 1.165) is 12.8 Å². The number of aliphatic carboxylic acids is 1. The summed E-state index contributed by atoms with van der Waals surface area (Å²) >= 11 is 2.99. The molecule has 1 aromatic rings. The van der Waals surface area contributed by atoms with Gasteiger partial charge in [0, 0.05) is 0 Å². The molecule has 2 N–H and O–H groups in total. The average Bonchev–Trinajstić information content (AvgIpc) is 3.16. The van der Waals surface area contributed by atoms with Gasteiger partial charge < -0.3 is 10.4 Å². The summed E-state index contributed by atoms with van der Waals surface area (Å²) in [7, 11) is 0. The first kappa shape index (κ1) is 14.0. The molecule has 1 amide bonds. The van der Waals surface area contributed by atoms with Crippen LogP contribution in [0.4, 0.5) is 4.39 Å². The van der Waals surface area contributed by atoms with E-state index in [9.17, 15) is 19.1 Å². The second-order valence-corrected chi connectivity index (χ2v) is 5.69. The molecule has 0 saturated heterocycles. The summed E-state index contributed by atoms with van der Waals surface area (Å²) in [5.41, 5.74) is -1.51. The normalized spacial score (nSPS) is 17.6. The second-order valence-electron chi connectivity index (χ2n) is 4.84. The van der Waals surface area contributed by atoms with Crippen LogP contribution in [0.25, 0.3) is 0 Å². The van der Waals surface area contributed by atoms with Crippen LogP contribution in [0.15, 0.2) is 22.7 Å². The van der Waals surface area contributed by atoms with Gasteiger partial charge in [-0.1, -0.05) is 6.07 Å². The molecule has 0 aromatic heterocycles.